The number of ether oxygens (including phenoxy) is 1. The van der Waals surface area contributed by atoms with Crippen molar-refractivity contribution >= 4 is 0 Å². The minimum atomic E-state index is -1.05. The van der Waals surface area contributed by atoms with Crippen molar-refractivity contribution in [2.24, 2.45) is 0 Å². The van der Waals surface area contributed by atoms with E-state index in [2.05, 4.69) is 15.5 Å². The van der Waals surface area contributed by atoms with Gasteiger partial charge in [0.25, 0.3) is 0 Å². The molecule has 0 radical (unpaired) electrons. The maximum atomic E-state index is 14.7. The van der Waals surface area contributed by atoms with E-state index < -0.39 is 12.3 Å². The number of alkyl halides is 1. The Morgan fingerprint density at radius 3 is 2.77 bits per heavy atom. The van der Waals surface area contributed by atoms with Crippen LogP contribution in [0.15, 0.2) is 46.9 Å². The molecule has 2 fully saturated rings. The largest absolute Gasteiger partial charge is 0.507 e. The number of halogens is 1. The number of phenolic OH excluding ortho intramolecular Hbond substituents is 1. The van der Waals surface area contributed by atoms with Gasteiger partial charge >= 0.3 is 0 Å². The number of benzene rings is 1. The van der Waals surface area contributed by atoms with Crippen LogP contribution < -0.4 is 10.1 Å². The average Bonchev–Trinajstić information content (AvgIpc) is 3.19. The molecule has 2 N–H and O–H groups in total. The van der Waals surface area contributed by atoms with Crippen LogP contribution in [0.5, 0.6) is 11.6 Å². The Bertz CT molecular complexity index is 1040. The quantitative estimate of drug-likeness (QED) is 0.664. The fourth-order valence-electron chi connectivity index (χ4n) is 4.45. The summed E-state index contributed by atoms with van der Waals surface area (Å²) in [5.41, 5.74) is 1.85. The number of nitrogens with one attached hydrogen (secondary N) is 1. The maximum Gasteiger partial charge on any atom is 0.233 e. The minimum absolute atomic E-state index is 0.0829. The van der Waals surface area contributed by atoms with Crippen LogP contribution in [0.4, 0.5) is 4.39 Å². The number of nitrogens with zero attached hydrogens (tertiary/aromatic N) is 2. The van der Waals surface area contributed by atoms with E-state index >= 15 is 0 Å². The summed E-state index contributed by atoms with van der Waals surface area (Å²) in [5.74, 6) is 1.88. The van der Waals surface area contributed by atoms with Gasteiger partial charge in [-0.25, -0.2) is 4.39 Å². The van der Waals surface area contributed by atoms with Crippen LogP contribution in [-0.4, -0.2) is 39.7 Å². The Labute approximate surface area is 174 Å². The molecule has 2 saturated heterocycles. The molecule has 7 heteroatoms. The molecule has 1 aromatic carbocycles. The third kappa shape index (κ3) is 3.65. The lowest BCUT2D eigenvalue weighted by molar-refractivity contribution is 0.00652. The van der Waals surface area contributed by atoms with E-state index in [1.54, 1.807) is 24.3 Å². The summed E-state index contributed by atoms with van der Waals surface area (Å²) in [7, 11) is 0. The second-order valence-corrected chi connectivity index (χ2v) is 8.14. The van der Waals surface area contributed by atoms with Crippen LogP contribution in [0, 0.1) is 6.92 Å². The van der Waals surface area contributed by atoms with Gasteiger partial charge in [0.2, 0.25) is 5.88 Å². The van der Waals surface area contributed by atoms with E-state index in [4.69, 9.17) is 9.15 Å². The van der Waals surface area contributed by atoms with Crippen LogP contribution >= 0.6 is 0 Å². The number of furan rings is 1. The van der Waals surface area contributed by atoms with E-state index in [0.29, 0.717) is 35.4 Å². The highest BCUT2D eigenvalue weighted by atomic mass is 19.1. The highest BCUT2D eigenvalue weighted by molar-refractivity contribution is 5.72. The van der Waals surface area contributed by atoms with Gasteiger partial charge in [-0.3, -0.25) is 0 Å². The number of phenols is 1. The van der Waals surface area contributed by atoms with Gasteiger partial charge in [0.1, 0.15) is 23.4 Å². The van der Waals surface area contributed by atoms with Crippen molar-refractivity contribution < 1.29 is 18.7 Å². The molecular weight excluding hydrogens is 385 g/mol. The molecule has 2 aliphatic heterocycles. The second kappa shape index (κ2) is 7.72. The first kappa shape index (κ1) is 19.1. The third-order valence-corrected chi connectivity index (χ3v) is 5.98. The number of piperidine rings is 2. The molecule has 30 heavy (non-hydrogen) atoms. The predicted octanol–water partition coefficient (Wildman–Crippen LogP) is 4.42. The highest BCUT2D eigenvalue weighted by Gasteiger charge is 2.41. The zero-order chi connectivity index (χ0) is 20.7. The highest BCUT2D eigenvalue weighted by Crippen LogP contribution is 2.34. The Balaban J connectivity index is 1.31. The molecule has 2 bridgehead atoms. The van der Waals surface area contributed by atoms with Crippen molar-refractivity contribution in [3.05, 3.63) is 48.2 Å². The van der Waals surface area contributed by atoms with Gasteiger partial charge in [0, 0.05) is 35.7 Å². The molecule has 6 nitrogen and oxygen atoms in total. The lowest BCUT2D eigenvalue weighted by Crippen LogP contribution is -2.59. The number of hydrogen-bond acceptors (Lipinski definition) is 6. The normalized spacial score (nSPS) is 25.8. The molecule has 5 rings (SSSR count). The maximum absolute atomic E-state index is 14.7. The van der Waals surface area contributed by atoms with E-state index in [9.17, 15) is 9.50 Å². The van der Waals surface area contributed by atoms with Crippen LogP contribution in [-0.2, 0) is 0 Å². The molecule has 3 aromatic rings. The van der Waals surface area contributed by atoms with Crippen LogP contribution in [0.25, 0.3) is 22.6 Å². The molecule has 2 aromatic heterocycles. The zero-order valence-electron chi connectivity index (χ0n) is 16.7. The number of aromatic nitrogens is 2. The van der Waals surface area contributed by atoms with Crippen molar-refractivity contribution in [3.63, 3.8) is 0 Å². The summed E-state index contributed by atoms with van der Waals surface area (Å²) in [6, 6.07) is 12.6. The molecule has 0 saturated carbocycles. The molecule has 0 spiro atoms. The van der Waals surface area contributed by atoms with Crippen molar-refractivity contribution in [1.82, 2.24) is 15.5 Å². The van der Waals surface area contributed by atoms with Gasteiger partial charge in [-0.1, -0.05) is 12.5 Å². The van der Waals surface area contributed by atoms with Crippen LogP contribution in [0.3, 0.4) is 0 Å². The zero-order valence-corrected chi connectivity index (χ0v) is 16.7. The Hall–Kier alpha value is -2.93. The molecule has 156 valence electrons. The predicted molar refractivity (Wildman–Crippen MR) is 110 cm³/mol. The van der Waals surface area contributed by atoms with E-state index in [1.165, 1.54) is 0 Å². The van der Waals surface area contributed by atoms with Gasteiger partial charge < -0.3 is 19.6 Å². The van der Waals surface area contributed by atoms with Gasteiger partial charge in [-0.05, 0) is 50.1 Å². The first-order valence-corrected chi connectivity index (χ1v) is 10.4. The first-order chi connectivity index (χ1) is 14.6. The average molecular weight is 409 g/mol. The van der Waals surface area contributed by atoms with E-state index in [-0.39, 0.29) is 11.8 Å². The summed E-state index contributed by atoms with van der Waals surface area (Å²) < 4.78 is 26.1. The Morgan fingerprint density at radius 2 is 2.03 bits per heavy atom. The third-order valence-electron chi connectivity index (χ3n) is 5.98. The number of aromatic hydroxyl groups is 1. The van der Waals surface area contributed by atoms with Crippen LogP contribution in [0.1, 0.15) is 31.4 Å². The van der Waals surface area contributed by atoms with Gasteiger partial charge in [-0.15, -0.1) is 10.2 Å². The fourth-order valence-corrected chi connectivity index (χ4v) is 4.45. The van der Waals surface area contributed by atoms with Gasteiger partial charge in [-0.2, -0.15) is 0 Å². The lowest BCUT2D eigenvalue weighted by atomic mass is 9.84. The Kier molecular flexibility index (Phi) is 4.90. The molecule has 0 amide bonds. The summed E-state index contributed by atoms with van der Waals surface area (Å²) >= 11 is 0. The lowest BCUT2D eigenvalue weighted by Gasteiger charge is -2.42. The van der Waals surface area contributed by atoms with Gasteiger partial charge in [0.05, 0.1) is 5.69 Å². The van der Waals surface area contributed by atoms with Crippen molar-refractivity contribution in [1.29, 1.82) is 0 Å². The standard InChI is InChI=1S/C23H24FN3O3/c1-13-5-9-20(29-13)14-6-7-16(19(28)11-14)17-8-10-22(27-26-17)30-21-12-15-3-2-4-18(25-15)23(21)24/h5-11,15,18,21,23,25,28H,2-4,12H2,1H3/t15?,18?,21-,23+/m0/s1. The SMILES string of the molecule is Cc1ccc(-c2ccc(-c3ccc(O[C@H]4CC5CCCC(N5)[C@H]4F)nn3)c(O)c2)o1. The molecule has 0 aliphatic carbocycles. The second-order valence-electron chi connectivity index (χ2n) is 8.14. The fraction of sp³-hybridized carbons (Fsp3) is 0.391. The van der Waals surface area contributed by atoms with Crippen LogP contribution in [0.2, 0.25) is 0 Å². The van der Waals surface area contributed by atoms with Crippen molar-refractivity contribution in [2.45, 2.75) is 57.0 Å². The summed E-state index contributed by atoms with van der Waals surface area (Å²) in [5, 5.41) is 22.1. The molecule has 4 atom stereocenters. The molecule has 2 aliphatic rings. The van der Waals surface area contributed by atoms with Crippen molar-refractivity contribution in [3.8, 4) is 34.2 Å². The molecule has 4 heterocycles. The first-order valence-electron chi connectivity index (χ1n) is 10.4. The number of fused-ring (bicyclic) bond motifs is 2. The monoisotopic (exact) mass is 409 g/mol. The number of rotatable bonds is 4. The summed E-state index contributed by atoms with van der Waals surface area (Å²) in [6.45, 7) is 1.87. The summed E-state index contributed by atoms with van der Waals surface area (Å²) in [4.78, 5) is 0. The molecular formula is C23H24FN3O3. The van der Waals surface area contributed by atoms with E-state index in [0.717, 1.165) is 30.6 Å². The number of hydrogen-bond donors (Lipinski definition) is 2. The molecule has 2 unspecified atom stereocenters. The smallest absolute Gasteiger partial charge is 0.233 e. The topological polar surface area (TPSA) is 80.4 Å². The van der Waals surface area contributed by atoms with E-state index in [1.807, 2.05) is 25.1 Å². The minimum Gasteiger partial charge on any atom is -0.507 e. The Morgan fingerprint density at radius 1 is 1.13 bits per heavy atom. The number of aryl methyl sites for hydroxylation is 1. The summed E-state index contributed by atoms with van der Waals surface area (Å²) in [6.07, 6.45) is 2.03. The van der Waals surface area contributed by atoms with Crippen molar-refractivity contribution in [2.75, 3.05) is 0 Å². The van der Waals surface area contributed by atoms with Gasteiger partial charge in [0.15, 0.2) is 6.17 Å².